The van der Waals surface area contributed by atoms with Crippen molar-refractivity contribution in [1.29, 1.82) is 0 Å². The first-order valence-corrected chi connectivity index (χ1v) is 17.0. The van der Waals surface area contributed by atoms with E-state index in [9.17, 15) is 19.2 Å². The van der Waals surface area contributed by atoms with Gasteiger partial charge in [0.25, 0.3) is 0 Å². The number of nitrogens with one attached hydrogen (secondary N) is 5. The molecule has 0 aliphatic carbocycles. The summed E-state index contributed by atoms with van der Waals surface area (Å²) < 4.78 is 6.38. The summed E-state index contributed by atoms with van der Waals surface area (Å²) in [5, 5.41) is 12.9. The number of para-hydroxylation sites is 1. The lowest BCUT2D eigenvalue weighted by Gasteiger charge is -2.33. The van der Waals surface area contributed by atoms with Crippen LogP contribution in [0.3, 0.4) is 0 Å². The van der Waals surface area contributed by atoms with Crippen LogP contribution < -0.4 is 26.0 Å². The van der Waals surface area contributed by atoms with Crippen molar-refractivity contribution in [1.82, 2.24) is 31.2 Å². The molecule has 2 aromatic carbocycles. The van der Waals surface area contributed by atoms with E-state index in [0.717, 1.165) is 28.5 Å². The molecule has 4 amide bonds. The number of rotatable bonds is 10. The largest absolute Gasteiger partial charge is 0.488 e. The molecule has 3 aliphatic rings. The molecule has 0 saturated carbocycles. The Kier molecular flexibility index (Phi) is 11.2. The van der Waals surface area contributed by atoms with Crippen molar-refractivity contribution in [2.24, 2.45) is 11.8 Å². The molecule has 0 spiro atoms. The minimum Gasteiger partial charge on any atom is -0.488 e. The molecule has 11 heteroatoms. The maximum Gasteiger partial charge on any atom is 0.247 e. The molecule has 1 aromatic heterocycles. The molecule has 7 unspecified atom stereocenters. The second-order valence-electron chi connectivity index (χ2n) is 13.0. The summed E-state index contributed by atoms with van der Waals surface area (Å²) in [6.07, 6.45) is 6.57. The molecular formula is C37H48N6O5. The Hall–Kier alpha value is -4.64. The Bertz CT molecular complexity index is 1630. The number of aromatic amines is 1. The van der Waals surface area contributed by atoms with Gasteiger partial charge in [-0.3, -0.25) is 19.2 Å². The van der Waals surface area contributed by atoms with Crippen molar-refractivity contribution in [3.05, 3.63) is 72.1 Å². The van der Waals surface area contributed by atoms with Gasteiger partial charge in [0.05, 0.1) is 6.04 Å². The zero-order valence-corrected chi connectivity index (χ0v) is 28.4. The average Bonchev–Trinajstić information content (AvgIpc) is 3.71. The molecule has 2 bridgehead atoms. The number of carbonyl (C=O) groups excluding carboxylic acids is 4. The molecule has 4 heterocycles. The molecule has 1 saturated heterocycles. The smallest absolute Gasteiger partial charge is 0.247 e. The van der Waals surface area contributed by atoms with E-state index in [0.29, 0.717) is 18.6 Å². The summed E-state index contributed by atoms with van der Waals surface area (Å²) in [6.45, 7) is 8.11. The zero-order chi connectivity index (χ0) is 34.4. The second-order valence-corrected chi connectivity index (χ2v) is 13.0. The van der Waals surface area contributed by atoms with Crippen molar-refractivity contribution in [2.75, 3.05) is 13.6 Å². The summed E-state index contributed by atoms with van der Waals surface area (Å²) in [6, 6.07) is 11.8. The topological polar surface area (TPSA) is 145 Å². The van der Waals surface area contributed by atoms with Crippen LogP contribution in [0.1, 0.15) is 58.1 Å². The third-order valence-electron chi connectivity index (χ3n) is 9.88. The normalized spacial score (nSPS) is 22.1. The van der Waals surface area contributed by atoms with Crippen LogP contribution in [-0.4, -0.2) is 77.4 Å². The van der Waals surface area contributed by atoms with Gasteiger partial charge in [-0.2, -0.15) is 0 Å². The van der Waals surface area contributed by atoms with Crippen LogP contribution in [0, 0.1) is 11.8 Å². The number of aromatic nitrogens is 1. The summed E-state index contributed by atoms with van der Waals surface area (Å²) in [7, 11) is 1.74. The molecule has 3 aliphatic heterocycles. The molecule has 1 fully saturated rings. The van der Waals surface area contributed by atoms with Gasteiger partial charge in [-0.05, 0) is 54.3 Å². The molecule has 11 nitrogen and oxygen atoms in total. The molecule has 256 valence electrons. The van der Waals surface area contributed by atoms with Gasteiger partial charge in [0, 0.05) is 42.7 Å². The fraction of sp³-hybridized carbons (Fsp3) is 0.459. The molecular weight excluding hydrogens is 608 g/mol. The van der Waals surface area contributed by atoms with E-state index in [-0.39, 0.29) is 42.5 Å². The highest BCUT2D eigenvalue weighted by Gasteiger charge is 2.47. The predicted octanol–water partition coefficient (Wildman–Crippen LogP) is 3.51. The van der Waals surface area contributed by atoms with E-state index in [4.69, 9.17) is 4.74 Å². The quantitative estimate of drug-likeness (QED) is 0.226. The number of carbonyl (C=O) groups is 4. The van der Waals surface area contributed by atoms with Gasteiger partial charge in [0.15, 0.2) is 0 Å². The Labute approximate surface area is 282 Å². The number of amides is 4. The van der Waals surface area contributed by atoms with Gasteiger partial charge in [-0.1, -0.05) is 70.9 Å². The van der Waals surface area contributed by atoms with Gasteiger partial charge in [0.2, 0.25) is 23.6 Å². The van der Waals surface area contributed by atoms with Crippen LogP contribution in [-0.2, 0) is 25.6 Å². The first-order valence-electron chi connectivity index (χ1n) is 17.0. The summed E-state index contributed by atoms with van der Waals surface area (Å²) in [4.78, 5) is 60.7. The number of nitrogens with zero attached hydrogens (tertiary/aromatic N) is 1. The van der Waals surface area contributed by atoms with Gasteiger partial charge in [-0.25, -0.2) is 0 Å². The van der Waals surface area contributed by atoms with E-state index in [1.54, 1.807) is 19.3 Å². The van der Waals surface area contributed by atoms with Gasteiger partial charge >= 0.3 is 0 Å². The minimum absolute atomic E-state index is 0.0265. The standard InChI is InChI=1S/C37H48N6O5/c1-6-22(3)31(38-5)35(45)41-29(20-25-21-40-28-11-9-8-10-27(25)28)37(47)43-19-17-30-33(43)36(46)42-32(23(4)7-2)34(44)39-18-16-24-12-14-26(48-30)15-13-24/h8-16,18,21-23,29-33,38,40H,6-7,17,19-20H2,1-5H3,(H,39,44)(H,41,45)(H,42,46). The monoisotopic (exact) mass is 656 g/mol. The van der Waals surface area contributed by atoms with E-state index >= 15 is 0 Å². The maximum atomic E-state index is 14.7. The van der Waals surface area contributed by atoms with Crippen LogP contribution in [0.4, 0.5) is 0 Å². The minimum atomic E-state index is -1.04. The van der Waals surface area contributed by atoms with Gasteiger partial charge in [-0.15, -0.1) is 0 Å². The highest BCUT2D eigenvalue weighted by molar-refractivity contribution is 5.96. The highest BCUT2D eigenvalue weighted by Crippen LogP contribution is 2.28. The Morgan fingerprint density at radius 3 is 2.48 bits per heavy atom. The third kappa shape index (κ3) is 7.57. The van der Waals surface area contributed by atoms with Crippen molar-refractivity contribution < 1.29 is 23.9 Å². The number of ether oxygens (including phenoxy) is 1. The first-order chi connectivity index (χ1) is 23.1. The van der Waals surface area contributed by atoms with E-state index in [1.165, 1.54) is 4.90 Å². The second kappa shape index (κ2) is 15.5. The highest BCUT2D eigenvalue weighted by atomic mass is 16.5. The SMILES string of the molecule is CCC(C)C(NC)C(=O)NC(Cc1c[nH]c2ccccc12)C(=O)N1CCC2Oc3ccc(cc3)C=CNC(=O)C(C(C)CC)NC(=O)C21. The number of likely N-dealkylation sites (tertiary alicyclic amines) is 1. The molecule has 0 radical (unpaired) electrons. The molecule has 48 heavy (non-hydrogen) atoms. The Morgan fingerprint density at radius 1 is 1.02 bits per heavy atom. The van der Waals surface area contributed by atoms with E-state index in [2.05, 4.69) is 26.3 Å². The number of likely N-dealkylation sites (N-methyl/N-ethyl adjacent to an activating group) is 1. The zero-order valence-electron chi connectivity index (χ0n) is 28.4. The van der Waals surface area contributed by atoms with Gasteiger partial charge < -0.3 is 35.9 Å². The van der Waals surface area contributed by atoms with Crippen LogP contribution in [0.5, 0.6) is 5.75 Å². The maximum absolute atomic E-state index is 14.7. The predicted molar refractivity (Wildman–Crippen MR) is 186 cm³/mol. The summed E-state index contributed by atoms with van der Waals surface area (Å²) in [5.41, 5.74) is 2.67. The Balaban J connectivity index is 1.51. The van der Waals surface area contributed by atoms with Crippen molar-refractivity contribution >= 4 is 40.6 Å². The Morgan fingerprint density at radius 2 is 1.77 bits per heavy atom. The van der Waals surface area contributed by atoms with Crippen molar-refractivity contribution in [3.63, 3.8) is 0 Å². The van der Waals surface area contributed by atoms with E-state index in [1.807, 2.05) is 82.4 Å². The number of H-pyrrole nitrogens is 1. The number of benzene rings is 2. The fourth-order valence-electron chi connectivity index (χ4n) is 6.62. The molecule has 7 atom stereocenters. The fourth-order valence-corrected chi connectivity index (χ4v) is 6.62. The lowest BCUT2D eigenvalue weighted by molar-refractivity contribution is -0.144. The van der Waals surface area contributed by atoms with Crippen molar-refractivity contribution in [3.8, 4) is 5.75 Å². The van der Waals surface area contributed by atoms with Crippen LogP contribution in [0.25, 0.3) is 17.0 Å². The van der Waals surface area contributed by atoms with Gasteiger partial charge in [0.1, 0.15) is 30.0 Å². The molecule has 5 N–H and O–H groups in total. The van der Waals surface area contributed by atoms with E-state index < -0.39 is 36.2 Å². The first kappa shape index (κ1) is 34.7. The van der Waals surface area contributed by atoms with Crippen LogP contribution in [0.2, 0.25) is 0 Å². The number of hydrogen-bond acceptors (Lipinski definition) is 6. The third-order valence-corrected chi connectivity index (χ3v) is 9.88. The molecule has 3 aromatic rings. The van der Waals surface area contributed by atoms with Crippen LogP contribution >= 0.6 is 0 Å². The lowest BCUT2D eigenvalue weighted by atomic mass is 9.96. The summed E-state index contributed by atoms with van der Waals surface area (Å²) in [5.74, 6) is -1.07. The number of fused-ring (bicyclic) bond motifs is 8. The average molecular weight is 657 g/mol. The summed E-state index contributed by atoms with van der Waals surface area (Å²) >= 11 is 0. The number of hydrogen-bond donors (Lipinski definition) is 5. The lowest BCUT2D eigenvalue weighted by Crippen LogP contribution is -2.61. The molecule has 6 rings (SSSR count). The van der Waals surface area contributed by atoms with Crippen LogP contribution in [0.15, 0.2) is 60.9 Å². The van der Waals surface area contributed by atoms with Crippen molar-refractivity contribution in [2.45, 2.75) is 83.6 Å².